The highest BCUT2D eigenvalue weighted by atomic mass is 16.4. The topological polar surface area (TPSA) is 69.6 Å². The molecule has 0 unspecified atom stereocenters. The Morgan fingerprint density at radius 2 is 1.90 bits per heavy atom. The summed E-state index contributed by atoms with van der Waals surface area (Å²) in [5.41, 5.74) is 0. The maximum absolute atomic E-state index is 12.3. The summed E-state index contributed by atoms with van der Waals surface area (Å²) in [7, 11) is 0. The highest BCUT2D eigenvalue weighted by Crippen LogP contribution is 2.24. The molecule has 2 amide bonds. The van der Waals surface area contributed by atoms with Crippen LogP contribution >= 0.6 is 0 Å². The molecule has 1 aliphatic rings. The first-order valence-corrected chi connectivity index (χ1v) is 8.27. The number of nitrogens with zero attached hydrogens (tertiary/aromatic N) is 1. The third-order valence-electron chi connectivity index (χ3n) is 4.07. The van der Waals surface area contributed by atoms with Crippen LogP contribution in [0.5, 0.6) is 0 Å². The predicted molar refractivity (Wildman–Crippen MR) is 83.3 cm³/mol. The van der Waals surface area contributed by atoms with Gasteiger partial charge in [-0.3, -0.25) is 4.79 Å². The SMILES string of the molecule is CC(C)CCN(C(=O)NCCCCC(=O)O)C1CCCC1. The molecule has 0 aromatic rings. The van der Waals surface area contributed by atoms with Crippen molar-refractivity contribution in [2.75, 3.05) is 13.1 Å². The molecule has 2 N–H and O–H groups in total. The Labute approximate surface area is 128 Å². The minimum atomic E-state index is -0.772. The lowest BCUT2D eigenvalue weighted by atomic mass is 10.1. The Morgan fingerprint density at radius 3 is 2.48 bits per heavy atom. The molecular formula is C16H30N2O3. The number of amides is 2. The molecule has 5 heteroatoms. The van der Waals surface area contributed by atoms with Crippen LogP contribution in [0, 0.1) is 5.92 Å². The molecule has 5 nitrogen and oxygen atoms in total. The van der Waals surface area contributed by atoms with Gasteiger partial charge < -0.3 is 15.3 Å². The standard InChI is InChI=1S/C16H30N2O3/c1-13(2)10-12-18(14-7-3-4-8-14)16(21)17-11-6-5-9-15(19)20/h13-14H,3-12H2,1-2H3,(H,17,21)(H,19,20). The first-order chi connectivity index (χ1) is 10.0. The minimum Gasteiger partial charge on any atom is -0.481 e. The highest BCUT2D eigenvalue weighted by Gasteiger charge is 2.26. The average Bonchev–Trinajstić information content (AvgIpc) is 2.91. The third-order valence-corrected chi connectivity index (χ3v) is 4.07. The van der Waals surface area contributed by atoms with Crippen LogP contribution in [0.2, 0.25) is 0 Å². The second-order valence-corrected chi connectivity index (χ2v) is 6.40. The first-order valence-electron chi connectivity index (χ1n) is 8.27. The molecule has 1 rings (SSSR count). The number of rotatable bonds is 9. The lowest BCUT2D eigenvalue weighted by Gasteiger charge is -2.30. The zero-order chi connectivity index (χ0) is 15.7. The van der Waals surface area contributed by atoms with Crippen molar-refractivity contribution in [3.05, 3.63) is 0 Å². The van der Waals surface area contributed by atoms with Gasteiger partial charge in [-0.2, -0.15) is 0 Å². The van der Waals surface area contributed by atoms with Crippen molar-refractivity contribution in [1.82, 2.24) is 10.2 Å². The quantitative estimate of drug-likeness (QED) is 0.642. The van der Waals surface area contributed by atoms with Crippen LogP contribution in [0.15, 0.2) is 0 Å². The van der Waals surface area contributed by atoms with Gasteiger partial charge in [0.25, 0.3) is 0 Å². The van der Waals surface area contributed by atoms with E-state index in [-0.39, 0.29) is 12.5 Å². The summed E-state index contributed by atoms with van der Waals surface area (Å²) in [4.78, 5) is 24.8. The van der Waals surface area contributed by atoms with Gasteiger partial charge in [0, 0.05) is 25.6 Å². The van der Waals surface area contributed by atoms with E-state index in [1.807, 2.05) is 4.90 Å². The largest absolute Gasteiger partial charge is 0.481 e. The monoisotopic (exact) mass is 298 g/mol. The average molecular weight is 298 g/mol. The second kappa shape index (κ2) is 9.64. The molecule has 0 aromatic heterocycles. The van der Waals surface area contributed by atoms with Gasteiger partial charge in [0.2, 0.25) is 0 Å². The van der Waals surface area contributed by atoms with Gasteiger partial charge in [-0.1, -0.05) is 26.7 Å². The number of unbranched alkanes of at least 4 members (excludes halogenated alkanes) is 1. The second-order valence-electron chi connectivity index (χ2n) is 6.40. The molecule has 1 saturated carbocycles. The van der Waals surface area contributed by atoms with E-state index in [0.717, 1.165) is 32.2 Å². The number of urea groups is 1. The van der Waals surface area contributed by atoms with Gasteiger partial charge >= 0.3 is 12.0 Å². The Balaban J connectivity index is 2.34. The predicted octanol–water partition coefficient (Wildman–Crippen LogP) is 3.24. The smallest absolute Gasteiger partial charge is 0.317 e. The molecule has 0 radical (unpaired) electrons. The Morgan fingerprint density at radius 1 is 1.24 bits per heavy atom. The Bertz CT molecular complexity index is 325. The molecule has 0 bridgehead atoms. The molecule has 122 valence electrons. The summed E-state index contributed by atoms with van der Waals surface area (Å²) in [6, 6.07) is 0.417. The molecular weight excluding hydrogens is 268 g/mol. The number of aliphatic carboxylic acids is 1. The third kappa shape index (κ3) is 7.34. The van der Waals surface area contributed by atoms with Crippen molar-refractivity contribution >= 4 is 12.0 Å². The number of carbonyl (C=O) groups is 2. The number of hydrogen-bond donors (Lipinski definition) is 2. The van der Waals surface area contributed by atoms with E-state index < -0.39 is 5.97 Å². The van der Waals surface area contributed by atoms with Crippen molar-refractivity contribution < 1.29 is 14.7 Å². The fourth-order valence-electron chi connectivity index (χ4n) is 2.76. The number of nitrogens with one attached hydrogen (secondary N) is 1. The van der Waals surface area contributed by atoms with Crippen molar-refractivity contribution in [3.8, 4) is 0 Å². The number of carboxylic acid groups (broad SMARTS) is 1. The molecule has 21 heavy (non-hydrogen) atoms. The zero-order valence-corrected chi connectivity index (χ0v) is 13.4. The lowest BCUT2D eigenvalue weighted by molar-refractivity contribution is -0.137. The van der Waals surface area contributed by atoms with Crippen LogP contribution in [0.4, 0.5) is 4.79 Å². The van der Waals surface area contributed by atoms with Crippen LogP contribution in [0.3, 0.4) is 0 Å². The molecule has 0 atom stereocenters. The minimum absolute atomic E-state index is 0.0258. The van der Waals surface area contributed by atoms with E-state index in [9.17, 15) is 9.59 Å². The molecule has 1 aliphatic carbocycles. The number of carboxylic acids is 1. The fraction of sp³-hybridized carbons (Fsp3) is 0.875. The fourth-order valence-corrected chi connectivity index (χ4v) is 2.76. The van der Waals surface area contributed by atoms with Crippen LogP contribution < -0.4 is 5.32 Å². The van der Waals surface area contributed by atoms with Gasteiger partial charge in [-0.15, -0.1) is 0 Å². The maximum Gasteiger partial charge on any atom is 0.317 e. The Kier molecular flexibility index (Phi) is 8.16. The van der Waals surface area contributed by atoms with Crippen molar-refractivity contribution in [1.29, 1.82) is 0 Å². The molecule has 0 heterocycles. The summed E-state index contributed by atoms with van der Waals surface area (Å²) >= 11 is 0. The van der Waals surface area contributed by atoms with Gasteiger partial charge in [0.15, 0.2) is 0 Å². The number of carbonyl (C=O) groups excluding carboxylic acids is 1. The van der Waals surface area contributed by atoms with Gasteiger partial charge in [-0.25, -0.2) is 4.79 Å². The van der Waals surface area contributed by atoms with E-state index >= 15 is 0 Å². The molecule has 0 aliphatic heterocycles. The summed E-state index contributed by atoms with van der Waals surface area (Å²) < 4.78 is 0. The van der Waals surface area contributed by atoms with Crippen LogP contribution in [0.25, 0.3) is 0 Å². The summed E-state index contributed by atoms with van der Waals surface area (Å²) in [5.74, 6) is -0.178. The summed E-state index contributed by atoms with van der Waals surface area (Å²) in [5, 5.41) is 11.5. The molecule has 0 spiro atoms. The highest BCUT2D eigenvalue weighted by molar-refractivity contribution is 5.74. The van der Waals surface area contributed by atoms with E-state index in [1.165, 1.54) is 12.8 Å². The molecule has 0 saturated heterocycles. The zero-order valence-electron chi connectivity index (χ0n) is 13.4. The van der Waals surface area contributed by atoms with E-state index in [2.05, 4.69) is 19.2 Å². The van der Waals surface area contributed by atoms with Crippen molar-refractivity contribution in [2.45, 2.75) is 71.3 Å². The summed E-state index contributed by atoms with van der Waals surface area (Å²) in [6.45, 7) is 5.74. The normalized spacial score (nSPS) is 15.4. The maximum atomic E-state index is 12.3. The van der Waals surface area contributed by atoms with Crippen LogP contribution in [0.1, 0.15) is 65.2 Å². The molecule has 1 fully saturated rings. The van der Waals surface area contributed by atoms with Gasteiger partial charge in [-0.05, 0) is 38.0 Å². The van der Waals surface area contributed by atoms with Gasteiger partial charge in [0.05, 0.1) is 0 Å². The van der Waals surface area contributed by atoms with Crippen LogP contribution in [-0.2, 0) is 4.79 Å². The van der Waals surface area contributed by atoms with Crippen molar-refractivity contribution in [2.24, 2.45) is 5.92 Å². The van der Waals surface area contributed by atoms with E-state index in [0.29, 0.717) is 24.9 Å². The first kappa shape index (κ1) is 17.8. The molecule has 0 aromatic carbocycles. The van der Waals surface area contributed by atoms with Crippen LogP contribution in [-0.4, -0.2) is 41.1 Å². The van der Waals surface area contributed by atoms with E-state index in [1.54, 1.807) is 0 Å². The number of hydrogen-bond acceptors (Lipinski definition) is 2. The Hall–Kier alpha value is -1.26. The van der Waals surface area contributed by atoms with Crippen molar-refractivity contribution in [3.63, 3.8) is 0 Å². The van der Waals surface area contributed by atoms with Gasteiger partial charge in [0.1, 0.15) is 0 Å². The summed E-state index contributed by atoms with van der Waals surface area (Å²) in [6.07, 6.45) is 7.21. The van der Waals surface area contributed by atoms with E-state index in [4.69, 9.17) is 5.11 Å². The lowest BCUT2D eigenvalue weighted by Crippen LogP contribution is -2.46.